The van der Waals surface area contributed by atoms with Crippen molar-refractivity contribution >= 4 is 12.2 Å². The molecular weight excluding hydrogens is 236 g/mol. The van der Waals surface area contributed by atoms with Gasteiger partial charge in [0.15, 0.2) is 11.5 Å². The summed E-state index contributed by atoms with van der Waals surface area (Å²) in [7, 11) is 4.61. The summed E-state index contributed by atoms with van der Waals surface area (Å²) in [6, 6.07) is 3.46. The van der Waals surface area contributed by atoms with Gasteiger partial charge in [0, 0.05) is 5.56 Å². The highest BCUT2D eigenvalue weighted by atomic mass is 16.5. The summed E-state index contributed by atoms with van der Waals surface area (Å²) in [5.74, 6) is 1.46. The molecule has 0 aliphatic rings. The summed E-state index contributed by atoms with van der Waals surface area (Å²) in [6.07, 6.45) is 1.48. The third-order valence-electron chi connectivity index (χ3n) is 2.07. The first-order valence-corrected chi connectivity index (χ1v) is 5.04. The van der Waals surface area contributed by atoms with Crippen LogP contribution in [0.5, 0.6) is 17.2 Å². The third-order valence-corrected chi connectivity index (χ3v) is 2.07. The van der Waals surface area contributed by atoms with E-state index in [1.54, 1.807) is 12.1 Å². The van der Waals surface area contributed by atoms with Crippen LogP contribution in [0.15, 0.2) is 22.3 Å². The Hall–Kier alpha value is -2.44. The second-order valence-electron chi connectivity index (χ2n) is 3.23. The second-order valence-corrected chi connectivity index (χ2v) is 3.23. The third kappa shape index (κ3) is 3.27. The Kier molecular flexibility index (Phi) is 4.79. The van der Waals surface area contributed by atoms with Crippen LogP contribution in [0.2, 0.25) is 0 Å². The minimum Gasteiger partial charge on any atom is -0.493 e. The number of hydrogen-bond acceptors (Lipinski definition) is 5. The van der Waals surface area contributed by atoms with Gasteiger partial charge in [-0.3, -0.25) is 0 Å². The van der Waals surface area contributed by atoms with Crippen LogP contribution >= 0.6 is 0 Å². The number of ether oxygens (including phenoxy) is 3. The lowest BCUT2D eigenvalue weighted by Crippen LogP contribution is -2.21. The number of hydrogen-bond donors (Lipinski definition) is 2. The molecule has 0 saturated carbocycles. The van der Waals surface area contributed by atoms with E-state index in [0.29, 0.717) is 17.2 Å². The highest BCUT2D eigenvalue weighted by Gasteiger charge is 2.12. The largest absolute Gasteiger partial charge is 0.493 e. The molecule has 0 aromatic heterocycles. The molecular formula is C11H16N4O3. The van der Waals surface area contributed by atoms with Gasteiger partial charge < -0.3 is 25.7 Å². The molecule has 98 valence electrons. The van der Waals surface area contributed by atoms with Crippen LogP contribution in [-0.4, -0.2) is 33.5 Å². The molecule has 0 amide bonds. The van der Waals surface area contributed by atoms with Gasteiger partial charge in [-0.2, -0.15) is 5.10 Å². The molecule has 0 aliphatic heterocycles. The van der Waals surface area contributed by atoms with Crippen LogP contribution in [0.3, 0.4) is 0 Å². The normalized spacial score (nSPS) is 10.2. The molecule has 0 aliphatic carbocycles. The molecule has 4 N–H and O–H groups in total. The average molecular weight is 252 g/mol. The van der Waals surface area contributed by atoms with Crippen molar-refractivity contribution in [1.82, 2.24) is 0 Å². The van der Waals surface area contributed by atoms with Crippen molar-refractivity contribution in [2.45, 2.75) is 0 Å². The van der Waals surface area contributed by atoms with E-state index in [1.807, 2.05) is 0 Å². The molecule has 0 spiro atoms. The van der Waals surface area contributed by atoms with Gasteiger partial charge >= 0.3 is 0 Å². The summed E-state index contributed by atoms with van der Waals surface area (Å²) in [6.45, 7) is 0. The molecule has 0 fully saturated rings. The fourth-order valence-corrected chi connectivity index (χ4v) is 1.34. The number of nitrogens with two attached hydrogens (primary N) is 2. The van der Waals surface area contributed by atoms with E-state index in [2.05, 4.69) is 10.2 Å². The molecule has 0 radical (unpaired) electrons. The van der Waals surface area contributed by atoms with Crippen molar-refractivity contribution in [2.24, 2.45) is 21.7 Å². The standard InChI is InChI=1S/C11H16N4O3/c1-16-8-4-7(6-14-15-11(12)13)5-9(17-2)10(8)18-3/h4-6H,1-3H3,(H4,12,13,15)/b14-6-. The molecule has 0 unspecified atom stereocenters. The van der Waals surface area contributed by atoms with E-state index in [1.165, 1.54) is 27.5 Å². The van der Waals surface area contributed by atoms with E-state index in [-0.39, 0.29) is 5.96 Å². The van der Waals surface area contributed by atoms with Crippen molar-refractivity contribution in [3.05, 3.63) is 17.7 Å². The topological polar surface area (TPSA) is 104 Å². The quantitative estimate of drug-likeness (QED) is 0.446. The molecule has 1 rings (SSSR count). The summed E-state index contributed by atoms with van der Waals surface area (Å²) < 4.78 is 15.6. The number of methoxy groups -OCH3 is 3. The highest BCUT2D eigenvalue weighted by Crippen LogP contribution is 2.37. The van der Waals surface area contributed by atoms with E-state index in [9.17, 15) is 0 Å². The number of benzene rings is 1. The van der Waals surface area contributed by atoms with Crippen molar-refractivity contribution in [3.8, 4) is 17.2 Å². The molecule has 7 heteroatoms. The lowest BCUT2D eigenvalue weighted by molar-refractivity contribution is 0.324. The fraction of sp³-hybridized carbons (Fsp3) is 0.273. The first-order chi connectivity index (χ1) is 8.62. The van der Waals surface area contributed by atoms with Crippen molar-refractivity contribution < 1.29 is 14.2 Å². The Morgan fingerprint density at radius 2 is 1.61 bits per heavy atom. The Labute approximate surface area is 105 Å². The van der Waals surface area contributed by atoms with Gasteiger partial charge in [0.1, 0.15) is 0 Å². The maximum absolute atomic E-state index is 5.19. The molecule has 0 atom stereocenters. The smallest absolute Gasteiger partial charge is 0.211 e. The van der Waals surface area contributed by atoms with Crippen LogP contribution in [0.4, 0.5) is 0 Å². The fourth-order valence-electron chi connectivity index (χ4n) is 1.34. The SMILES string of the molecule is COc1cc(/C=N\N=C(N)N)cc(OC)c1OC. The average Bonchev–Trinajstić information content (AvgIpc) is 2.36. The van der Waals surface area contributed by atoms with Crippen LogP contribution in [0.1, 0.15) is 5.56 Å². The van der Waals surface area contributed by atoms with E-state index in [0.717, 1.165) is 5.56 Å². The summed E-state index contributed by atoms with van der Waals surface area (Å²) in [5, 5.41) is 7.21. The molecule has 1 aromatic rings. The minimum absolute atomic E-state index is 0.112. The molecule has 7 nitrogen and oxygen atoms in total. The highest BCUT2D eigenvalue weighted by molar-refractivity contribution is 5.83. The zero-order chi connectivity index (χ0) is 13.5. The lowest BCUT2D eigenvalue weighted by atomic mass is 10.2. The van der Waals surface area contributed by atoms with Gasteiger partial charge in [0.05, 0.1) is 27.5 Å². The summed E-state index contributed by atoms with van der Waals surface area (Å²) in [4.78, 5) is 0. The second kappa shape index (κ2) is 6.33. The zero-order valence-corrected chi connectivity index (χ0v) is 10.5. The Morgan fingerprint density at radius 3 is 2.00 bits per heavy atom. The van der Waals surface area contributed by atoms with Crippen LogP contribution in [0.25, 0.3) is 0 Å². The Balaban J connectivity index is 3.15. The summed E-state index contributed by atoms with van der Waals surface area (Å²) in [5.41, 5.74) is 11.0. The first-order valence-electron chi connectivity index (χ1n) is 5.04. The summed E-state index contributed by atoms with van der Waals surface area (Å²) >= 11 is 0. The predicted octanol–water partition coefficient (Wildman–Crippen LogP) is 0.320. The number of guanidine groups is 1. The lowest BCUT2D eigenvalue weighted by Gasteiger charge is -2.12. The number of rotatable bonds is 5. The van der Waals surface area contributed by atoms with Crippen molar-refractivity contribution in [3.63, 3.8) is 0 Å². The number of nitrogens with zero attached hydrogens (tertiary/aromatic N) is 2. The maximum Gasteiger partial charge on any atom is 0.211 e. The van der Waals surface area contributed by atoms with E-state index in [4.69, 9.17) is 25.7 Å². The van der Waals surface area contributed by atoms with Gasteiger partial charge in [-0.05, 0) is 12.1 Å². The van der Waals surface area contributed by atoms with Gasteiger partial charge in [0.2, 0.25) is 11.7 Å². The molecule has 0 saturated heterocycles. The first kappa shape index (κ1) is 13.6. The van der Waals surface area contributed by atoms with Gasteiger partial charge in [-0.15, -0.1) is 5.10 Å². The van der Waals surface area contributed by atoms with Gasteiger partial charge in [-0.1, -0.05) is 0 Å². The maximum atomic E-state index is 5.19. The van der Waals surface area contributed by atoms with Gasteiger partial charge in [0.25, 0.3) is 0 Å². The van der Waals surface area contributed by atoms with Crippen LogP contribution in [0, 0.1) is 0 Å². The van der Waals surface area contributed by atoms with E-state index >= 15 is 0 Å². The molecule has 0 bridgehead atoms. The van der Waals surface area contributed by atoms with Crippen molar-refractivity contribution in [2.75, 3.05) is 21.3 Å². The Bertz CT molecular complexity index is 442. The van der Waals surface area contributed by atoms with Crippen LogP contribution < -0.4 is 25.7 Å². The van der Waals surface area contributed by atoms with E-state index < -0.39 is 0 Å². The molecule has 0 heterocycles. The van der Waals surface area contributed by atoms with Crippen molar-refractivity contribution in [1.29, 1.82) is 0 Å². The molecule has 1 aromatic carbocycles. The zero-order valence-electron chi connectivity index (χ0n) is 10.5. The minimum atomic E-state index is -0.112. The predicted molar refractivity (Wildman–Crippen MR) is 69.5 cm³/mol. The molecule has 18 heavy (non-hydrogen) atoms. The Morgan fingerprint density at radius 1 is 1.06 bits per heavy atom. The monoisotopic (exact) mass is 252 g/mol. The van der Waals surface area contributed by atoms with Gasteiger partial charge in [-0.25, -0.2) is 0 Å². The van der Waals surface area contributed by atoms with Crippen LogP contribution in [-0.2, 0) is 0 Å².